The maximum atomic E-state index is 6.02. The third-order valence-electron chi connectivity index (χ3n) is 3.87. The Morgan fingerprint density at radius 1 is 1.00 bits per heavy atom. The number of ether oxygens (including phenoxy) is 2. The molecule has 0 aliphatic carbocycles. The fourth-order valence-electron chi connectivity index (χ4n) is 2.67. The minimum absolute atomic E-state index is 0.630. The average Bonchev–Trinajstić information content (AvgIpc) is 2.84. The first kappa shape index (κ1) is 15.0. The summed E-state index contributed by atoms with van der Waals surface area (Å²) < 4.78 is 11.4. The van der Waals surface area contributed by atoms with Crippen LogP contribution in [0.1, 0.15) is 12.0 Å². The van der Waals surface area contributed by atoms with Crippen LogP contribution in [0.5, 0.6) is 11.5 Å². The molecule has 0 amide bonds. The lowest BCUT2D eigenvalue weighted by Crippen LogP contribution is -2.03. The van der Waals surface area contributed by atoms with Gasteiger partial charge in [-0.2, -0.15) is 0 Å². The van der Waals surface area contributed by atoms with Crippen molar-refractivity contribution < 1.29 is 9.47 Å². The topological polar surface area (TPSA) is 56.3 Å². The smallest absolute Gasteiger partial charge is 0.161 e. The largest absolute Gasteiger partial charge is 0.490 e. The van der Waals surface area contributed by atoms with Gasteiger partial charge in [-0.15, -0.1) is 0 Å². The summed E-state index contributed by atoms with van der Waals surface area (Å²) in [5, 5.41) is 4.96. The molecule has 0 saturated heterocycles. The molecule has 2 heterocycles. The zero-order chi connectivity index (χ0) is 16.4. The molecular formula is C18H16ClN3O2. The van der Waals surface area contributed by atoms with Crippen LogP contribution in [0.4, 0.5) is 5.82 Å². The van der Waals surface area contributed by atoms with Crippen molar-refractivity contribution in [3.8, 4) is 11.5 Å². The fourth-order valence-corrected chi connectivity index (χ4v) is 2.84. The Morgan fingerprint density at radius 2 is 1.88 bits per heavy atom. The highest BCUT2D eigenvalue weighted by Crippen LogP contribution is 2.31. The predicted octanol–water partition coefficient (Wildman–Crippen LogP) is 4.06. The summed E-state index contributed by atoms with van der Waals surface area (Å²) >= 11 is 6.02. The third-order valence-corrected chi connectivity index (χ3v) is 4.11. The van der Waals surface area contributed by atoms with Gasteiger partial charge in [0.15, 0.2) is 11.5 Å². The normalized spacial score (nSPS) is 13.5. The van der Waals surface area contributed by atoms with Gasteiger partial charge in [0.25, 0.3) is 0 Å². The Bertz CT molecular complexity index is 885. The van der Waals surface area contributed by atoms with E-state index < -0.39 is 0 Å². The van der Waals surface area contributed by atoms with Crippen molar-refractivity contribution in [2.24, 2.45) is 0 Å². The second-order valence-electron chi connectivity index (χ2n) is 5.57. The number of anilines is 1. The lowest BCUT2D eigenvalue weighted by Gasteiger charge is -2.11. The van der Waals surface area contributed by atoms with E-state index in [0.717, 1.165) is 40.2 Å². The van der Waals surface area contributed by atoms with Gasteiger partial charge in [-0.3, -0.25) is 0 Å². The van der Waals surface area contributed by atoms with E-state index in [2.05, 4.69) is 15.3 Å². The number of nitrogens with one attached hydrogen (secondary N) is 1. The lowest BCUT2D eigenvalue weighted by molar-refractivity contribution is 0.297. The van der Waals surface area contributed by atoms with Crippen molar-refractivity contribution in [3.63, 3.8) is 0 Å². The van der Waals surface area contributed by atoms with Gasteiger partial charge < -0.3 is 14.8 Å². The maximum absolute atomic E-state index is 6.02. The molecule has 0 atom stereocenters. The summed E-state index contributed by atoms with van der Waals surface area (Å²) in [7, 11) is 0. The molecule has 0 unspecified atom stereocenters. The molecule has 3 aromatic rings. The molecule has 0 bridgehead atoms. The third kappa shape index (κ3) is 3.08. The van der Waals surface area contributed by atoms with Crippen LogP contribution in [-0.4, -0.2) is 23.2 Å². The van der Waals surface area contributed by atoms with Crippen molar-refractivity contribution in [1.82, 2.24) is 9.97 Å². The van der Waals surface area contributed by atoms with E-state index >= 15 is 0 Å². The number of halogens is 1. The van der Waals surface area contributed by atoms with Crippen molar-refractivity contribution >= 4 is 28.3 Å². The van der Waals surface area contributed by atoms with Crippen LogP contribution in [0.15, 0.2) is 42.7 Å². The van der Waals surface area contributed by atoms with Gasteiger partial charge in [0.2, 0.25) is 0 Å². The van der Waals surface area contributed by atoms with Crippen molar-refractivity contribution in [2.45, 2.75) is 13.0 Å². The van der Waals surface area contributed by atoms with Gasteiger partial charge in [0.1, 0.15) is 12.1 Å². The second-order valence-corrected chi connectivity index (χ2v) is 6.01. The van der Waals surface area contributed by atoms with Gasteiger partial charge in [0, 0.05) is 23.4 Å². The molecule has 0 spiro atoms. The minimum atomic E-state index is 0.630. The second kappa shape index (κ2) is 6.53. The highest BCUT2D eigenvalue weighted by Gasteiger charge is 2.11. The Morgan fingerprint density at radius 3 is 2.79 bits per heavy atom. The molecule has 1 aliphatic rings. The summed E-state index contributed by atoms with van der Waals surface area (Å²) in [6.45, 7) is 2.01. The van der Waals surface area contributed by atoms with Gasteiger partial charge in [-0.25, -0.2) is 9.97 Å². The van der Waals surface area contributed by atoms with E-state index in [-0.39, 0.29) is 0 Å². The van der Waals surface area contributed by atoms with Crippen LogP contribution < -0.4 is 14.8 Å². The molecule has 0 fully saturated rings. The summed E-state index contributed by atoms with van der Waals surface area (Å²) in [5.74, 6) is 2.38. The van der Waals surface area contributed by atoms with Gasteiger partial charge in [-0.1, -0.05) is 17.7 Å². The first-order chi connectivity index (χ1) is 11.8. The zero-order valence-electron chi connectivity index (χ0n) is 13.0. The van der Waals surface area contributed by atoms with Crippen molar-refractivity contribution in [2.75, 3.05) is 18.5 Å². The van der Waals surface area contributed by atoms with E-state index in [4.69, 9.17) is 21.1 Å². The highest BCUT2D eigenvalue weighted by atomic mass is 35.5. The number of hydrogen-bond acceptors (Lipinski definition) is 5. The fraction of sp³-hybridized carbons (Fsp3) is 0.222. The van der Waals surface area contributed by atoms with Gasteiger partial charge in [0.05, 0.1) is 18.7 Å². The van der Waals surface area contributed by atoms with E-state index in [1.165, 1.54) is 6.33 Å². The quantitative estimate of drug-likeness (QED) is 0.778. The van der Waals surface area contributed by atoms with Gasteiger partial charge in [-0.05, 0) is 35.9 Å². The Balaban J connectivity index is 1.56. The molecule has 1 N–H and O–H groups in total. The summed E-state index contributed by atoms with van der Waals surface area (Å²) in [4.78, 5) is 8.59. The first-order valence-electron chi connectivity index (χ1n) is 7.82. The molecule has 5 nitrogen and oxygen atoms in total. The molecule has 1 aromatic heterocycles. The maximum Gasteiger partial charge on any atom is 0.161 e. The van der Waals surface area contributed by atoms with E-state index in [9.17, 15) is 0 Å². The molecule has 6 heteroatoms. The standard InChI is InChI=1S/C18H16ClN3O2/c19-13-3-4-14-15(9-13)21-11-22-18(14)20-10-12-2-5-16-17(8-12)24-7-1-6-23-16/h2-5,8-9,11H,1,6-7,10H2,(H,20,21,22). The van der Waals surface area contributed by atoms with Crippen LogP contribution in [0.3, 0.4) is 0 Å². The van der Waals surface area contributed by atoms with Crippen LogP contribution in [-0.2, 0) is 6.54 Å². The Hall–Kier alpha value is -2.53. The molecule has 2 aromatic carbocycles. The van der Waals surface area contributed by atoms with Crippen LogP contribution in [0.2, 0.25) is 5.02 Å². The molecule has 0 radical (unpaired) electrons. The van der Waals surface area contributed by atoms with E-state index in [0.29, 0.717) is 24.8 Å². The summed E-state index contributed by atoms with van der Waals surface area (Å²) in [5.41, 5.74) is 1.92. The van der Waals surface area contributed by atoms with Crippen LogP contribution >= 0.6 is 11.6 Å². The number of aromatic nitrogens is 2. The predicted molar refractivity (Wildman–Crippen MR) is 93.9 cm³/mol. The Kier molecular flexibility index (Phi) is 4.09. The van der Waals surface area contributed by atoms with Crippen LogP contribution in [0.25, 0.3) is 10.9 Å². The highest BCUT2D eigenvalue weighted by molar-refractivity contribution is 6.31. The molecule has 122 valence electrons. The minimum Gasteiger partial charge on any atom is -0.490 e. The lowest BCUT2D eigenvalue weighted by atomic mass is 10.2. The number of fused-ring (bicyclic) bond motifs is 2. The summed E-state index contributed by atoms with van der Waals surface area (Å²) in [6.07, 6.45) is 2.44. The average molecular weight is 342 g/mol. The number of rotatable bonds is 3. The molecule has 0 saturated carbocycles. The van der Waals surface area contributed by atoms with E-state index in [1.807, 2.05) is 36.4 Å². The molecule has 24 heavy (non-hydrogen) atoms. The van der Waals surface area contributed by atoms with Gasteiger partial charge >= 0.3 is 0 Å². The number of hydrogen-bond donors (Lipinski definition) is 1. The first-order valence-corrected chi connectivity index (χ1v) is 8.20. The van der Waals surface area contributed by atoms with Crippen molar-refractivity contribution in [1.29, 1.82) is 0 Å². The number of nitrogens with zero attached hydrogens (tertiary/aromatic N) is 2. The molecule has 4 rings (SSSR count). The van der Waals surface area contributed by atoms with E-state index in [1.54, 1.807) is 0 Å². The monoisotopic (exact) mass is 341 g/mol. The Labute approximate surface area is 144 Å². The molecule has 1 aliphatic heterocycles. The van der Waals surface area contributed by atoms with Crippen molar-refractivity contribution in [3.05, 3.63) is 53.3 Å². The number of benzene rings is 2. The van der Waals surface area contributed by atoms with Crippen LogP contribution in [0, 0.1) is 0 Å². The molecular weight excluding hydrogens is 326 g/mol. The zero-order valence-corrected chi connectivity index (χ0v) is 13.7. The SMILES string of the molecule is Clc1ccc2c(NCc3ccc4c(c3)OCCCO4)ncnc2c1. The summed E-state index contributed by atoms with van der Waals surface area (Å²) in [6, 6.07) is 11.6.